The second kappa shape index (κ2) is 5.27. The minimum atomic E-state index is 0.317. The van der Waals surface area contributed by atoms with E-state index in [1.54, 1.807) is 12.4 Å². The highest BCUT2D eigenvalue weighted by Crippen LogP contribution is 2.27. The molecule has 88 valence electrons. The van der Waals surface area contributed by atoms with E-state index in [2.05, 4.69) is 51.4 Å². The summed E-state index contributed by atoms with van der Waals surface area (Å²) in [5.41, 5.74) is 1.86. The molecular formula is C12H11ClIN3. The third kappa shape index (κ3) is 2.74. The molecule has 0 saturated carbocycles. The Hall–Kier alpha value is -0.750. The van der Waals surface area contributed by atoms with Crippen molar-refractivity contribution in [1.29, 1.82) is 0 Å². The van der Waals surface area contributed by atoms with E-state index in [4.69, 9.17) is 11.6 Å². The van der Waals surface area contributed by atoms with E-state index in [-0.39, 0.29) is 0 Å². The minimum absolute atomic E-state index is 0.317. The summed E-state index contributed by atoms with van der Waals surface area (Å²) in [6.45, 7) is 4.18. The quantitative estimate of drug-likeness (QED) is 0.602. The summed E-state index contributed by atoms with van der Waals surface area (Å²) in [6.07, 6.45) is 3.46. The Morgan fingerprint density at radius 2 is 2.06 bits per heavy atom. The lowest BCUT2D eigenvalue weighted by molar-refractivity contribution is 0.808. The Kier molecular flexibility index (Phi) is 3.93. The number of pyridine rings is 1. The summed E-state index contributed by atoms with van der Waals surface area (Å²) >= 11 is 8.32. The van der Waals surface area contributed by atoms with Crippen molar-refractivity contribution in [3.05, 3.63) is 38.9 Å². The van der Waals surface area contributed by atoms with Crippen LogP contribution in [0.3, 0.4) is 0 Å². The summed E-state index contributed by atoms with van der Waals surface area (Å²) in [4.78, 5) is 12.9. The maximum Gasteiger partial charge on any atom is 0.162 e. The van der Waals surface area contributed by atoms with E-state index >= 15 is 0 Å². The van der Waals surface area contributed by atoms with Gasteiger partial charge in [0.25, 0.3) is 0 Å². The van der Waals surface area contributed by atoms with Crippen LogP contribution >= 0.6 is 34.2 Å². The van der Waals surface area contributed by atoms with Gasteiger partial charge in [0, 0.05) is 18.0 Å². The molecule has 0 saturated heterocycles. The van der Waals surface area contributed by atoms with E-state index in [1.807, 2.05) is 12.1 Å². The molecule has 5 heteroatoms. The number of nitrogens with zero attached hydrogens (tertiary/aromatic N) is 3. The minimum Gasteiger partial charge on any atom is -0.264 e. The maximum atomic E-state index is 6.13. The number of halogens is 2. The van der Waals surface area contributed by atoms with Crippen molar-refractivity contribution in [3.8, 4) is 11.4 Å². The summed E-state index contributed by atoms with van der Waals surface area (Å²) in [5, 5.41) is 0.503. The Bertz CT molecular complexity index is 529. The zero-order chi connectivity index (χ0) is 12.4. The average Bonchev–Trinajstić information content (AvgIpc) is 2.33. The molecule has 0 unspecified atom stereocenters. The van der Waals surface area contributed by atoms with Gasteiger partial charge >= 0.3 is 0 Å². The topological polar surface area (TPSA) is 38.7 Å². The first-order valence-corrected chi connectivity index (χ1v) is 6.68. The predicted octanol–water partition coefficient (Wildman–Crippen LogP) is 3.92. The molecule has 0 spiro atoms. The van der Waals surface area contributed by atoms with Gasteiger partial charge in [0.15, 0.2) is 5.82 Å². The SMILES string of the molecule is CC(C)c1nc(-c2cccnc2)nc(Cl)c1I. The highest BCUT2D eigenvalue weighted by molar-refractivity contribution is 14.1. The van der Waals surface area contributed by atoms with Gasteiger partial charge in [-0.25, -0.2) is 9.97 Å². The first kappa shape index (κ1) is 12.7. The molecule has 0 atom stereocenters. The molecular weight excluding hydrogens is 349 g/mol. The molecule has 0 aliphatic heterocycles. The lowest BCUT2D eigenvalue weighted by Crippen LogP contribution is -2.02. The van der Waals surface area contributed by atoms with Crippen LogP contribution in [0.1, 0.15) is 25.5 Å². The van der Waals surface area contributed by atoms with Crippen molar-refractivity contribution in [2.75, 3.05) is 0 Å². The highest BCUT2D eigenvalue weighted by Gasteiger charge is 2.14. The van der Waals surface area contributed by atoms with Crippen LogP contribution in [0, 0.1) is 3.57 Å². The number of hydrogen-bond acceptors (Lipinski definition) is 3. The van der Waals surface area contributed by atoms with E-state index < -0.39 is 0 Å². The van der Waals surface area contributed by atoms with Gasteiger partial charge in [-0.1, -0.05) is 25.4 Å². The van der Waals surface area contributed by atoms with Crippen molar-refractivity contribution in [3.63, 3.8) is 0 Å². The summed E-state index contributed by atoms with van der Waals surface area (Å²) in [5.74, 6) is 0.949. The van der Waals surface area contributed by atoms with Gasteiger partial charge in [-0.15, -0.1) is 0 Å². The van der Waals surface area contributed by atoms with Crippen molar-refractivity contribution < 1.29 is 0 Å². The van der Waals surface area contributed by atoms with Crippen molar-refractivity contribution >= 4 is 34.2 Å². The zero-order valence-electron chi connectivity index (χ0n) is 9.48. The lowest BCUT2D eigenvalue weighted by atomic mass is 10.1. The summed E-state index contributed by atoms with van der Waals surface area (Å²) < 4.78 is 0.923. The summed E-state index contributed by atoms with van der Waals surface area (Å²) in [7, 11) is 0. The standard InChI is InChI=1S/C12H11ClIN3/c1-7(2)10-9(14)11(13)17-12(16-10)8-4-3-5-15-6-8/h3-7H,1-2H3. The largest absolute Gasteiger partial charge is 0.264 e. The molecule has 0 fully saturated rings. The van der Waals surface area contributed by atoms with Gasteiger partial charge in [-0.3, -0.25) is 4.98 Å². The molecule has 17 heavy (non-hydrogen) atoms. The van der Waals surface area contributed by atoms with E-state index in [0.29, 0.717) is 16.9 Å². The Balaban J connectivity index is 2.57. The molecule has 2 aromatic rings. The van der Waals surface area contributed by atoms with Gasteiger partial charge in [0.05, 0.1) is 9.26 Å². The Labute approximate surface area is 119 Å². The fraction of sp³-hybridized carbons (Fsp3) is 0.250. The molecule has 0 aliphatic rings. The van der Waals surface area contributed by atoms with Crippen LogP contribution in [0.4, 0.5) is 0 Å². The molecule has 0 N–H and O–H groups in total. The van der Waals surface area contributed by atoms with Crippen LogP contribution in [-0.4, -0.2) is 15.0 Å². The number of rotatable bonds is 2. The van der Waals surface area contributed by atoms with Gasteiger partial charge in [-0.05, 0) is 40.6 Å². The van der Waals surface area contributed by atoms with Crippen LogP contribution in [0.25, 0.3) is 11.4 Å². The van der Waals surface area contributed by atoms with Gasteiger partial charge < -0.3 is 0 Å². The predicted molar refractivity (Wildman–Crippen MR) is 77.1 cm³/mol. The van der Waals surface area contributed by atoms with Crippen LogP contribution in [-0.2, 0) is 0 Å². The van der Waals surface area contributed by atoms with Gasteiger partial charge in [-0.2, -0.15) is 0 Å². The van der Waals surface area contributed by atoms with Crippen molar-refractivity contribution in [2.45, 2.75) is 19.8 Å². The fourth-order valence-electron chi connectivity index (χ4n) is 1.44. The van der Waals surface area contributed by atoms with E-state index in [1.165, 1.54) is 0 Å². The molecule has 3 nitrogen and oxygen atoms in total. The molecule has 2 rings (SSSR count). The third-order valence-corrected chi connectivity index (χ3v) is 3.96. The first-order chi connectivity index (χ1) is 8.09. The molecule has 0 amide bonds. The molecule has 2 heterocycles. The Morgan fingerprint density at radius 1 is 1.29 bits per heavy atom. The monoisotopic (exact) mass is 359 g/mol. The molecule has 0 bridgehead atoms. The van der Waals surface area contributed by atoms with Crippen LogP contribution in [0.5, 0.6) is 0 Å². The number of aromatic nitrogens is 3. The van der Waals surface area contributed by atoms with Crippen LogP contribution < -0.4 is 0 Å². The van der Waals surface area contributed by atoms with Crippen LogP contribution in [0.15, 0.2) is 24.5 Å². The summed E-state index contributed by atoms with van der Waals surface area (Å²) in [6, 6.07) is 3.79. The van der Waals surface area contributed by atoms with Crippen LogP contribution in [0.2, 0.25) is 5.15 Å². The highest BCUT2D eigenvalue weighted by atomic mass is 127. The first-order valence-electron chi connectivity index (χ1n) is 5.23. The number of hydrogen-bond donors (Lipinski definition) is 0. The van der Waals surface area contributed by atoms with Gasteiger partial charge in [0.2, 0.25) is 0 Å². The second-order valence-corrected chi connectivity index (χ2v) is 5.37. The molecule has 0 aromatic carbocycles. The molecule has 0 radical (unpaired) electrons. The third-order valence-electron chi connectivity index (χ3n) is 2.30. The Morgan fingerprint density at radius 3 is 2.65 bits per heavy atom. The second-order valence-electron chi connectivity index (χ2n) is 3.93. The maximum absolute atomic E-state index is 6.13. The van der Waals surface area contributed by atoms with Crippen molar-refractivity contribution in [1.82, 2.24) is 15.0 Å². The van der Waals surface area contributed by atoms with E-state index in [0.717, 1.165) is 14.8 Å². The van der Waals surface area contributed by atoms with Crippen molar-refractivity contribution in [2.24, 2.45) is 0 Å². The zero-order valence-corrected chi connectivity index (χ0v) is 12.4. The molecule has 2 aromatic heterocycles. The normalized spacial score (nSPS) is 10.9. The van der Waals surface area contributed by atoms with E-state index in [9.17, 15) is 0 Å². The molecule has 0 aliphatic carbocycles. The average molecular weight is 360 g/mol. The van der Waals surface area contributed by atoms with Gasteiger partial charge in [0.1, 0.15) is 5.15 Å². The lowest BCUT2D eigenvalue weighted by Gasteiger charge is -2.10. The smallest absolute Gasteiger partial charge is 0.162 e. The fourth-order valence-corrected chi connectivity index (χ4v) is 2.48.